The average Bonchev–Trinajstić information content (AvgIpc) is 3.06. The van der Waals surface area contributed by atoms with Crippen molar-refractivity contribution in [3.8, 4) is 5.69 Å². The largest absolute Gasteiger partial charge is 0.419 e. The number of aromatic nitrogens is 4. The molecule has 0 fully saturated rings. The monoisotopic (exact) mass is 424 g/mol. The van der Waals surface area contributed by atoms with E-state index >= 15 is 0 Å². The Balaban J connectivity index is 1.60. The van der Waals surface area contributed by atoms with E-state index in [-0.39, 0.29) is 24.6 Å². The van der Waals surface area contributed by atoms with Gasteiger partial charge < -0.3 is 10.6 Å². The predicted molar refractivity (Wildman–Crippen MR) is 101 cm³/mol. The molecular weight excluding hydrogens is 409 g/mol. The van der Waals surface area contributed by atoms with Crippen molar-refractivity contribution in [2.45, 2.75) is 13.1 Å². The maximum Gasteiger partial charge on any atom is 0.419 e. The maximum absolute atomic E-state index is 12.9. The number of halogens is 4. The van der Waals surface area contributed by atoms with Gasteiger partial charge in [0.05, 0.1) is 16.9 Å². The summed E-state index contributed by atoms with van der Waals surface area (Å²) in [5.41, 5.74) is 0.394. The minimum Gasteiger partial charge on any atom is -0.368 e. The first-order chi connectivity index (χ1) is 13.8. The second-order valence-corrected chi connectivity index (χ2v) is 6.43. The van der Waals surface area contributed by atoms with Crippen molar-refractivity contribution >= 4 is 23.3 Å². The Kier molecular flexibility index (Phi) is 6.02. The van der Waals surface area contributed by atoms with Crippen LogP contribution in [0.25, 0.3) is 5.69 Å². The van der Waals surface area contributed by atoms with Crippen LogP contribution in [0, 0.1) is 6.92 Å². The highest BCUT2D eigenvalue weighted by atomic mass is 35.5. The van der Waals surface area contributed by atoms with Crippen molar-refractivity contribution in [2.75, 3.05) is 18.4 Å². The van der Waals surface area contributed by atoms with Gasteiger partial charge in [0.25, 0.3) is 5.91 Å². The van der Waals surface area contributed by atoms with E-state index in [9.17, 15) is 18.0 Å². The fraction of sp³-hybridized carbons (Fsp3) is 0.222. The molecular formula is C18H16ClF3N6O. The van der Waals surface area contributed by atoms with Crippen molar-refractivity contribution in [3.63, 3.8) is 0 Å². The van der Waals surface area contributed by atoms with E-state index in [1.165, 1.54) is 16.9 Å². The van der Waals surface area contributed by atoms with Crippen LogP contribution in [-0.2, 0) is 6.18 Å². The average molecular weight is 425 g/mol. The van der Waals surface area contributed by atoms with Crippen LogP contribution in [0.5, 0.6) is 0 Å². The third-order valence-corrected chi connectivity index (χ3v) is 4.21. The number of anilines is 1. The summed E-state index contributed by atoms with van der Waals surface area (Å²) in [5.74, 6) is -0.785. The first-order valence-electron chi connectivity index (χ1n) is 8.50. The van der Waals surface area contributed by atoms with Gasteiger partial charge in [-0.05, 0) is 37.3 Å². The Morgan fingerprint density at radius 1 is 1.21 bits per heavy atom. The predicted octanol–water partition coefficient (Wildman–Crippen LogP) is 3.48. The first-order valence-corrected chi connectivity index (χ1v) is 8.87. The molecule has 0 aliphatic carbocycles. The molecule has 2 heterocycles. The number of hydrogen-bond donors (Lipinski definition) is 2. The van der Waals surface area contributed by atoms with Gasteiger partial charge in [0.2, 0.25) is 0 Å². The molecule has 0 aliphatic rings. The Labute approximate surface area is 168 Å². The highest BCUT2D eigenvalue weighted by molar-refractivity contribution is 6.30. The molecule has 29 heavy (non-hydrogen) atoms. The van der Waals surface area contributed by atoms with Crippen LogP contribution in [0.15, 0.2) is 42.6 Å². The summed E-state index contributed by atoms with van der Waals surface area (Å²) < 4.78 is 40.3. The number of hydrogen-bond acceptors (Lipinski definition) is 5. The summed E-state index contributed by atoms with van der Waals surface area (Å²) in [5, 5.41) is 13.5. The molecule has 0 saturated heterocycles. The van der Waals surface area contributed by atoms with Crippen LogP contribution in [0.3, 0.4) is 0 Å². The Bertz CT molecular complexity index is 1020. The third-order valence-electron chi connectivity index (χ3n) is 3.98. The molecule has 0 aliphatic heterocycles. The van der Waals surface area contributed by atoms with Gasteiger partial charge in [-0.25, -0.2) is 9.67 Å². The Morgan fingerprint density at radius 3 is 2.72 bits per heavy atom. The van der Waals surface area contributed by atoms with E-state index in [0.29, 0.717) is 16.4 Å². The van der Waals surface area contributed by atoms with Crippen LogP contribution < -0.4 is 10.6 Å². The number of nitrogens with zero attached hydrogens (tertiary/aromatic N) is 4. The summed E-state index contributed by atoms with van der Waals surface area (Å²) in [4.78, 5) is 16.0. The zero-order chi connectivity index (χ0) is 21.0. The third kappa shape index (κ3) is 4.83. The van der Waals surface area contributed by atoms with E-state index < -0.39 is 17.6 Å². The fourth-order valence-corrected chi connectivity index (χ4v) is 2.79. The molecule has 3 aromatic rings. The molecule has 2 aromatic heterocycles. The normalized spacial score (nSPS) is 11.3. The number of amides is 1. The number of benzene rings is 1. The lowest BCUT2D eigenvalue weighted by atomic mass is 10.2. The fourth-order valence-electron chi connectivity index (χ4n) is 2.61. The number of pyridine rings is 1. The zero-order valence-corrected chi connectivity index (χ0v) is 15.9. The second-order valence-electron chi connectivity index (χ2n) is 6.00. The molecule has 0 radical (unpaired) electrons. The van der Waals surface area contributed by atoms with Crippen molar-refractivity contribution in [1.82, 2.24) is 25.3 Å². The Morgan fingerprint density at radius 2 is 2.00 bits per heavy atom. The molecule has 0 atom stereocenters. The zero-order valence-electron chi connectivity index (χ0n) is 15.2. The number of carbonyl (C=O) groups excluding carboxylic acids is 1. The van der Waals surface area contributed by atoms with Crippen molar-refractivity contribution in [2.24, 2.45) is 0 Å². The molecule has 0 spiro atoms. The lowest BCUT2D eigenvalue weighted by Crippen LogP contribution is -2.30. The molecule has 0 bridgehead atoms. The van der Waals surface area contributed by atoms with Crippen molar-refractivity contribution in [1.29, 1.82) is 0 Å². The summed E-state index contributed by atoms with van der Waals surface area (Å²) in [6, 6.07) is 9.05. The van der Waals surface area contributed by atoms with Gasteiger partial charge in [-0.1, -0.05) is 22.9 Å². The molecule has 11 heteroatoms. The minimum absolute atomic E-state index is 0.0489. The SMILES string of the molecule is Cc1c(C(=O)NCCNc2ncccc2C(F)(F)F)nnn1-c1cccc(Cl)c1. The van der Waals surface area contributed by atoms with Crippen LogP contribution in [0.2, 0.25) is 5.02 Å². The summed E-state index contributed by atoms with van der Waals surface area (Å²) >= 11 is 5.97. The molecule has 152 valence electrons. The van der Waals surface area contributed by atoms with Crippen LogP contribution >= 0.6 is 11.6 Å². The van der Waals surface area contributed by atoms with Gasteiger partial charge in [-0.2, -0.15) is 13.2 Å². The van der Waals surface area contributed by atoms with Gasteiger partial charge in [0.1, 0.15) is 5.82 Å². The highest BCUT2D eigenvalue weighted by Gasteiger charge is 2.33. The number of nitrogens with one attached hydrogen (secondary N) is 2. The van der Waals surface area contributed by atoms with Gasteiger partial charge in [-0.3, -0.25) is 4.79 Å². The van der Waals surface area contributed by atoms with E-state index in [2.05, 4.69) is 25.9 Å². The molecule has 0 unspecified atom stereocenters. The lowest BCUT2D eigenvalue weighted by molar-refractivity contribution is -0.137. The van der Waals surface area contributed by atoms with Crippen LogP contribution in [-0.4, -0.2) is 39.0 Å². The molecule has 7 nitrogen and oxygen atoms in total. The number of carbonyl (C=O) groups is 1. The van der Waals surface area contributed by atoms with Crippen molar-refractivity contribution in [3.05, 3.63) is 64.6 Å². The smallest absolute Gasteiger partial charge is 0.368 e. The molecule has 2 N–H and O–H groups in total. The topological polar surface area (TPSA) is 84.7 Å². The minimum atomic E-state index is -4.52. The summed E-state index contributed by atoms with van der Waals surface area (Å²) in [6.45, 7) is 1.79. The van der Waals surface area contributed by atoms with E-state index in [0.717, 1.165) is 6.07 Å². The summed E-state index contributed by atoms with van der Waals surface area (Å²) in [7, 11) is 0. The Hall–Kier alpha value is -3.14. The molecule has 3 rings (SSSR count). The van der Waals surface area contributed by atoms with Crippen molar-refractivity contribution < 1.29 is 18.0 Å². The lowest BCUT2D eigenvalue weighted by Gasteiger charge is -2.13. The van der Waals surface area contributed by atoms with Gasteiger partial charge in [-0.15, -0.1) is 5.10 Å². The highest BCUT2D eigenvalue weighted by Crippen LogP contribution is 2.33. The standard InChI is InChI=1S/C18H16ClF3N6O/c1-11-15(26-27-28(11)13-5-2-4-12(19)10-13)17(29)25-9-8-24-16-14(18(20,21)22)6-3-7-23-16/h2-7,10H,8-9H2,1H3,(H,23,24)(H,25,29). The van der Waals surface area contributed by atoms with E-state index in [4.69, 9.17) is 11.6 Å². The van der Waals surface area contributed by atoms with Gasteiger partial charge in [0.15, 0.2) is 5.69 Å². The maximum atomic E-state index is 12.9. The first kappa shape index (κ1) is 20.6. The van der Waals surface area contributed by atoms with E-state index in [1.807, 2.05) is 0 Å². The molecule has 1 amide bonds. The van der Waals surface area contributed by atoms with Gasteiger partial charge in [0, 0.05) is 24.3 Å². The summed E-state index contributed by atoms with van der Waals surface area (Å²) in [6.07, 6.45) is -3.26. The molecule has 1 aromatic carbocycles. The van der Waals surface area contributed by atoms with Crippen LogP contribution in [0.1, 0.15) is 21.7 Å². The second kappa shape index (κ2) is 8.48. The molecule has 0 saturated carbocycles. The van der Waals surface area contributed by atoms with Crippen LogP contribution in [0.4, 0.5) is 19.0 Å². The van der Waals surface area contributed by atoms with E-state index in [1.54, 1.807) is 31.2 Å². The quantitative estimate of drug-likeness (QED) is 0.592. The van der Waals surface area contributed by atoms with Gasteiger partial charge >= 0.3 is 6.18 Å². The number of rotatable bonds is 6. The number of alkyl halides is 3.